The van der Waals surface area contributed by atoms with Gasteiger partial charge in [0, 0.05) is 30.0 Å². The molecule has 2 atom stereocenters. The van der Waals surface area contributed by atoms with E-state index in [0.29, 0.717) is 6.42 Å². The minimum atomic E-state index is -0.153. The van der Waals surface area contributed by atoms with Gasteiger partial charge in [0.2, 0.25) is 5.91 Å². The van der Waals surface area contributed by atoms with Gasteiger partial charge >= 0.3 is 0 Å². The lowest BCUT2D eigenvalue weighted by molar-refractivity contribution is -0.134. The summed E-state index contributed by atoms with van der Waals surface area (Å²) in [4.78, 5) is 20.0. The zero-order chi connectivity index (χ0) is 19.8. The van der Waals surface area contributed by atoms with Crippen LogP contribution in [0.5, 0.6) is 0 Å². The number of carbonyl (C=O) groups is 1. The van der Waals surface area contributed by atoms with Gasteiger partial charge in [-0.15, -0.1) is 0 Å². The summed E-state index contributed by atoms with van der Waals surface area (Å²) in [5, 5.41) is 1.11. The number of para-hydroxylation sites is 1. The molecule has 4 aromatic rings. The zero-order valence-electron chi connectivity index (χ0n) is 16.3. The van der Waals surface area contributed by atoms with Gasteiger partial charge in [0.25, 0.3) is 0 Å². The Morgan fingerprint density at radius 3 is 2.17 bits per heavy atom. The number of hydrogen-bond donors (Lipinski definition) is 0. The average molecular weight is 378 g/mol. The molecule has 3 heteroatoms. The Morgan fingerprint density at radius 1 is 0.862 bits per heavy atom. The predicted octanol–water partition coefficient (Wildman–Crippen LogP) is 5.47. The highest BCUT2D eigenvalue weighted by Gasteiger charge is 2.38. The average Bonchev–Trinajstić information content (AvgIpc) is 2.77. The van der Waals surface area contributed by atoms with Crippen molar-refractivity contribution in [2.45, 2.75) is 25.4 Å². The van der Waals surface area contributed by atoms with Crippen molar-refractivity contribution >= 4 is 16.8 Å². The van der Waals surface area contributed by atoms with E-state index in [1.807, 2.05) is 53.4 Å². The Morgan fingerprint density at radius 2 is 1.48 bits per heavy atom. The maximum atomic E-state index is 12.9. The van der Waals surface area contributed by atoms with E-state index in [1.54, 1.807) is 6.92 Å². The van der Waals surface area contributed by atoms with Crippen LogP contribution in [-0.4, -0.2) is 15.8 Å². The van der Waals surface area contributed by atoms with Gasteiger partial charge in [0.15, 0.2) is 0 Å². The van der Waals surface area contributed by atoms with Gasteiger partial charge in [-0.3, -0.25) is 9.78 Å². The van der Waals surface area contributed by atoms with E-state index in [0.717, 1.165) is 33.3 Å². The number of carbonyl (C=O) groups excluding carboxylic acids is 1. The van der Waals surface area contributed by atoms with Gasteiger partial charge in [-0.05, 0) is 23.3 Å². The van der Waals surface area contributed by atoms with Crippen LogP contribution in [0.15, 0.2) is 91.0 Å². The van der Waals surface area contributed by atoms with Crippen LogP contribution in [0.25, 0.3) is 10.9 Å². The van der Waals surface area contributed by atoms with E-state index < -0.39 is 0 Å². The fourth-order valence-corrected chi connectivity index (χ4v) is 4.51. The van der Waals surface area contributed by atoms with Crippen LogP contribution >= 0.6 is 0 Å². The maximum Gasteiger partial charge on any atom is 0.220 e. The van der Waals surface area contributed by atoms with E-state index in [4.69, 9.17) is 4.98 Å². The Bertz CT molecular complexity index is 1170. The monoisotopic (exact) mass is 378 g/mol. The zero-order valence-corrected chi connectivity index (χ0v) is 16.3. The number of nitrogens with zero attached hydrogens (tertiary/aromatic N) is 2. The van der Waals surface area contributed by atoms with Crippen molar-refractivity contribution in [1.29, 1.82) is 0 Å². The van der Waals surface area contributed by atoms with Crippen LogP contribution in [0, 0.1) is 0 Å². The Kier molecular flexibility index (Phi) is 4.36. The van der Waals surface area contributed by atoms with Crippen molar-refractivity contribution in [1.82, 2.24) is 9.88 Å². The van der Waals surface area contributed by atoms with Crippen LogP contribution in [-0.2, 0) is 11.2 Å². The lowest BCUT2D eigenvalue weighted by atomic mass is 9.84. The highest BCUT2D eigenvalue weighted by Crippen LogP contribution is 2.43. The van der Waals surface area contributed by atoms with Crippen molar-refractivity contribution in [3.63, 3.8) is 0 Å². The Hall–Kier alpha value is -3.46. The molecule has 1 aliphatic heterocycles. The summed E-state index contributed by atoms with van der Waals surface area (Å²) < 4.78 is 0. The van der Waals surface area contributed by atoms with Crippen molar-refractivity contribution in [2.75, 3.05) is 0 Å². The lowest BCUT2D eigenvalue weighted by Gasteiger charge is -2.43. The summed E-state index contributed by atoms with van der Waals surface area (Å²) >= 11 is 0. The molecule has 0 fully saturated rings. The topological polar surface area (TPSA) is 33.2 Å². The molecule has 29 heavy (non-hydrogen) atoms. The molecule has 142 valence electrons. The number of hydrogen-bond acceptors (Lipinski definition) is 2. The number of amides is 1. The smallest absolute Gasteiger partial charge is 0.220 e. The summed E-state index contributed by atoms with van der Waals surface area (Å²) in [5.41, 5.74) is 5.45. The minimum absolute atomic E-state index is 0.0416. The van der Waals surface area contributed by atoms with Crippen molar-refractivity contribution in [3.05, 3.63) is 113 Å². The molecule has 0 saturated heterocycles. The molecule has 3 aromatic carbocycles. The summed E-state index contributed by atoms with van der Waals surface area (Å²) in [6.45, 7) is 1.67. The van der Waals surface area contributed by atoms with Crippen molar-refractivity contribution in [2.24, 2.45) is 0 Å². The van der Waals surface area contributed by atoms with Gasteiger partial charge in [-0.25, -0.2) is 0 Å². The van der Waals surface area contributed by atoms with Crippen LogP contribution in [0.1, 0.15) is 41.4 Å². The highest BCUT2D eigenvalue weighted by molar-refractivity contribution is 5.81. The first-order valence-electron chi connectivity index (χ1n) is 10.00. The van der Waals surface area contributed by atoms with Gasteiger partial charge in [0.05, 0.1) is 17.6 Å². The van der Waals surface area contributed by atoms with Crippen molar-refractivity contribution < 1.29 is 4.79 Å². The fourth-order valence-electron chi connectivity index (χ4n) is 4.51. The molecule has 0 N–H and O–H groups in total. The Balaban J connectivity index is 1.77. The molecular weight excluding hydrogens is 356 g/mol. The second kappa shape index (κ2) is 7.17. The number of pyridine rings is 1. The second-order valence-corrected chi connectivity index (χ2v) is 7.59. The predicted molar refractivity (Wildman–Crippen MR) is 115 cm³/mol. The molecule has 2 heterocycles. The van der Waals surface area contributed by atoms with Crippen LogP contribution < -0.4 is 0 Å². The van der Waals surface area contributed by atoms with Crippen LogP contribution in [0.4, 0.5) is 0 Å². The molecule has 0 saturated carbocycles. The minimum Gasteiger partial charge on any atom is -0.324 e. The van der Waals surface area contributed by atoms with Gasteiger partial charge in [-0.1, -0.05) is 78.9 Å². The summed E-state index contributed by atoms with van der Waals surface area (Å²) in [6, 6.07) is 30.8. The molecule has 0 bridgehead atoms. The van der Waals surface area contributed by atoms with E-state index in [9.17, 15) is 4.79 Å². The van der Waals surface area contributed by atoms with Gasteiger partial charge in [0.1, 0.15) is 0 Å². The number of rotatable bonds is 2. The largest absolute Gasteiger partial charge is 0.324 e. The molecule has 1 amide bonds. The normalized spacial score (nSPS) is 18.4. The fraction of sp³-hybridized carbons (Fsp3) is 0.154. The third-order valence-corrected chi connectivity index (χ3v) is 5.79. The molecule has 3 nitrogen and oxygen atoms in total. The number of fused-ring (bicyclic) bond motifs is 2. The first-order chi connectivity index (χ1) is 14.2. The molecule has 0 spiro atoms. The molecule has 0 aliphatic carbocycles. The van der Waals surface area contributed by atoms with E-state index in [-0.39, 0.29) is 18.0 Å². The summed E-state index contributed by atoms with van der Waals surface area (Å²) in [6.07, 6.45) is 0.715. The molecule has 5 rings (SSSR count). The highest BCUT2D eigenvalue weighted by atomic mass is 16.2. The van der Waals surface area contributed by atoms with Crippen LogP contribution in [0.3, 0.4) is 0 Å². The SMILES string of the molecule is CC(=O)N1[C@@H](c2ccccc2)c2cc3ccccc3nc2C[C@H]1c1ccccc1. The third-order valence-electron chi connectivity index (χ3n) is 5.79. The molecule has 1 aromatic heterocycles. The van der Waals surface area contributed by atoms with Gasteiger partial charge in [-0.2, -0.15) is 0 Å². The quantitative estimate of drug-likeness (QED) is 0.463. The van der Waals surface area contributed by atoms with E-state index in [1.165, 1.54) is 0 Å². The Labute approximate surface area is 170 Å². The first-order valence-corrected chi connectivity index (χ1v) is 10.00. The van der Waals surface area contributed by atoms with Gasteiger partial charge < -0.3 is 4.90 Å². The molecule has 0 radical (unpaired) electrons. The second-order valence-electron chi connectivity index (χ2n) is 7.59. The lowest BCUT2D eigenvalue weighted by Crippen LogP contribution is -2.42. The van der Waals surface area contributed by atoms with E-state index >= 15 is 0 Å². The first kappa shape index (κ1) is 17.6. The van der Waals surface area contributed by atoms with Crippen molar-refractivity contribution in [3.8, 4) is 0 Å². The summed E-state index contributed by atoms with van der Waals surface area (Å²) in [7, 11) is 0. The molecular formula is C26H22N2O. The molecule has 0 unspecified atom stereocenters. The van der Waals surface area contributed by atoms with Crippen LogP contribution in [0.2, 0.25) is 0 Å². The maximum absolute atomic E-state index is 12.9. The standard InChI is InChI=1S/C26H22N2O/c1-18(29)28-25(19-10-4-2-5-11-19)17-24-22(26(28)20-12-6-3-7-13-20)16-21-14-8-9-15-23(21)27-24/h2-16,25-26H,17H2,1H3/t25-,26-/m0/s1. The van der Waals surface area contributed by atoms with E-state index in [2.05, 4.69) is 42.5 Å². The summed E-state index contributed by atoms with van der Waals surface area (Å²) in [5.74, 6) is 0.0755. The molecule has 1 aliphatic rings. The third kappa shape index (κ3) is 3.09. The number of aromatic nitrogens is 1. The number of benzene rings is 3.